The Labute approximate surface area is 87.7 Å². The highest BCUT2D eigenvalue weighted by Gasteiger charge is 2.55. The summed E-state index contributed by atoms with van der Waals surface area (Å²) in [6, 6.07) is 0.871. The van der Waals surface area contributed by atoms with Crippen molar-refractivity contribution in [1.29, 1.82) is 0 Å². The van der Waals surface area contributed by atoms with Crippen LogP contribution in [-0.2, 0) is 0 Å². The highest BCUT2D eigenvalue weighted by atomic mass is 14.9. The van der Waals surface area contributed by atoms with Gasteiger partial charge in [0.15, 0.2) is 0 Å². The van der Waals surface area contributed by atoms with Gasteiger partial charge in [-0.25, -0.2) is 0 Å². The van der Waals surface area contributed by atoms with Crippen LogP contribution in [0.25, 0.3) is 0 Å². The lowest BCUT2D eigenvalue weighted by Gasteiger charge is -2.30. The fourth-order valence-corrected chi connectivity index (χ4v) is 4.03. The van der Waals surface area contributed by atoms with Gasteiger partial charge >= 0.3 is 0 Å². The lowest BCUT2D eigenvalue weighted by Crippen LogP contribution is -2.33. The molecule has 0 bridgehead atoms. The smallest absolute Gasteiger partial charge is 0.0100 e. The SMILES string of the molecule is CNC(CC1CCC1)C1C2CCCC21. The zero-order valence-corrected chi connectivity index (χ0v) is 9.34. The van der Waals surface area contributed by atoms with Gasteiger partial charge in [0.2, 0.25) is 0 Å². The molecule has 0 aromatic carbocycles. The molecular weight excluding hydrogens is 170 g/mol. The first-order valence-electron chi connectivity index (χ1n) is 6.57. The molecule has 1 N–H and O–H groups in total. The van der Waals surface area contributed by atoms with Crippen LogP contribution < -0.4 is 5.32 Å². The van der Waals surface area contributed by atoms with Crippen molar-refractivity contribution in [2.75, 3.05) is 7.05 Å². The summed E-state index contributed by atoms with van der Waals surface area (Å²) < 4.78 is 0. The van der Waals surface area contributed by atoms with Gasteiger partial charge in [0.1, 0.15) is 0 Å². The summed E-state index contributed by atoms with van der Waals surface area (Å²) in [4.78, 5) is 0. The van der Waals surface area contributed by atoms with Crippen LogP contribution in [0, 0.1) is 23.7 Å². The van der Waals surface area contributed by atoms with Gasteiger partial charge in [0.25, 0.3) is 0 Å². The van der Waals surface area contributed by atoms with Gasteiger partial charge in [0.05, 0.1) is 0 Å². The van der Waals surface area contributed by atoms with E-state index >= 15 is 0 Å². The third kappa shape index (κ3) is 1.41. The van der Waals surface area contributed by atoms with Gasteiger partial charge in [-0.1, -0.05) is 25.7 Å². The van der Waals surface area contributed by atoms with Gasteiger partial charge < -0.3 is 5.32 Å². The fourth-order valence-electron chi connectivity index (χ4n) is 4.03. The van der Waals surface area contributed by atoms with E-state index in [1.165, 1.54) is 44.9 Å². The molecular formula is C13H23N. The Bertz CT molecular complexity index is 199. The van der Waals surface area contributed by atoms with Crippen LogP contribution in [-0.4, -0.2) is 13.1 Å². The molecule has 3 atom stereocenters. The van der Waals surface area contributed by atoms with E-state index in [1.54, 1.807) is 0 Å². The Morgan fingerprint density at radius 2 is 1.71 bits per heavy atom. The minimum atomic E-state index is 0.871. The highest BCUT2D eigenvalue weighted by molar-refractivity contribution is 5.06. The molecule has 3 saturated carbocycles. The standard InChI is InChI=1S/C13H23N/c1-14-12(8-9-4-2-5-9)13-10-6-3-7-11(10)13/h9-14H,2-8H2,1H3. The van der Waals surface area contributed by atoms with Gasteiger partial charge in [-0.2, -0.15) is 0 Å². The number of hydrogen-bond acceptors (Lipinski definition) is 1. The first-order chi connectivity index (χ1) is 6.90. The molecule has 0 amide bonds. The van der Waals surface area contributed by atoms with E-state index in [2.05, 4.69) is 12.4 Å². The predicted molar refractivity (Wildman–Crippen MR) is 59.1 cm³/mol. The van der Waals surface area contributed by atoms with Crippen LogP contribution in [0.4, 0.5) is 0 Å². The van der Waals surface area contributed by atoms with Crippen molar-refractivity contribution in [2.45, 2.75) is 51.0 Å². The summed E-state index contributed by atoms with van der Waals surface area (Å²) in [5.41, 5.74) is 0. The molecule has 3 fully saturated rings. The maximum atomic E-state index is 3.59. The second kappa shape index (κ2) is 3.52. The second-order valence-corrected chi connectivity index (χ2v) is 5.76. The number of fused-ring (bicyclic) bond motifs is 1. The van der Waals surface area contributed by atoms with E-state index in [0.29, 0.717) is 0 Å². The third-order valence-corrected chi connectivity index (χ3v) is 5.12. The van der Waals surface area contributed by atoms with Crippen molar-refractivity contribution in [2.24, 2.45) is 23.7 Å². The van der Waals surface area contributed by atoms with E-state index in [-0.39, 0.29) is 0 Å². The van der Waals surface area contributed by atoms with Crippen LogP contribution >= 0.6 is 0 Å². The first-order valence-corrected chi connectivity index (χ1v) is 6.57. The molecule has 3 aliphatic carbocycles. The number of nitrogens with one attached hydrogen (secondary N) is 1. The van der Waals surface area contributed by atoms with Crippen molar-refractivity contribution in [3.63, 3.8) is 0 Å². The largest absolute Gasteiger partial charge is 0.317 e. The maximum Gasteiger partial charge on any atom is 0.0100 e. The molecule has 1 nitrogen and oxygen atoms in total. The minimum absolute atomic E-state index is 0.871. The van der Waals surface area contributed by atoms with E-state index in [0.717, 1.165) is 29.7 Å². The molecule has 0 aromatic heterocycles. The van der Waals surface area contributed by atoms with Crippen molar-refractivity contribution < 1.29 is 0 Å². The quantitative estimate of drug-likeness (QED) is 0.724. The lowest BCUT2D eigenvalue weighted by molar-refractivity contribution is 0.244. The van der Waals surface area contributed by atoms with Crippen LogP contribution in [0.15, 0.2) is 0 Å². The van der Waals surface area contributed by atoms with Gasteiger partial charge in [-0.15, -0.1) is 0 Å². The Morgan fingerprint density at radius 1 is 1.07 bits per heavy atom. The molecule has 0 saturated heterocycles. The summed E-state index contributed by atoms with van der Waals surface area (Å²) in [5.74, 6) is 4.42. The van der Waals surface area contributed by atoms with Crippen molar-refractivity contribution in [3.05, 3.63) is 0 Å². The molecule has 14 heavy (non-hydrogen) atoms. The summed E-state index contributed by atoms with van der Waals surface area (Å²) in [6.07, 6.45) is 10.6. The molecule has 3 rings (SSSR count). The van der Waals surface area contributed by atoms with Crippen LogP contribution in [0.5, 0.6) is 0 Å². The van der Waals surface area contributed by atoms with E-state index in [1.807, 2.05) is 0 Å². The van der Waals surface area contributed by atoms with Crippen LogP contribution in [0.1, 0.15) is 44.9 Å². The van der Waals surface area contributed by atoms with Crippen molar-refractivity contribution in [3.8, 4) is 0 Å². The zero-order valence-electron chi connectivity index (χ0n) is 9.34. The average molecular weight is 193 g/mol. The highest BCUT2D eigenvalue weighted by Crippen LogP contribution is 2.59. The third-order valence-electron chi connectivity index (χ3n) is 5.12. The molecule has 80 valence electrons. The molecule has 0 aliphatic heterocycles. The second-order valence-electron chi connectivity index (χ2n) is 5.76. The van der Waals surface area contributed by atoms with Crippen molar-refractivity contribution in [1.82, 2.24) is 5.32 Å². The Balaban J connectivity index is 1.53. The van der Waals surface area contributed by atoms with E-state index in [9.17, 15) is 0 Å². The molecule has 0 heterocycles. The van der Waals surface area contributed by atoms with Crippen molar-refractivity contribution >= 4 is 0 Å². The summed E-state index contributed by atoms with van der Waals surface area (Å²) >= 11 is 0. The zero-order chi connectivity index (χ0) is 9.54. The topological polar surface area (TPSA) is 12.0 Å². The molecule has 3 unspecified atom stereocenters. The Morgan fingerprint density at radius 3 is 2.21 bits per heavy atom. The predicted octanol–water partition coefficient (Wildman–Crippen LogP) is 2.81. The van der Waals surface area contributed by atoms with Crippen LogP contribution in [0.3, 0.4) is 0 Å². The summed E-state index contributed by atoms with van der Waals surface area (Å²) in [5, 5.41) is 3.59. The summed E-state index contributed by atoms with van der Waals surface area (Å²) in [6.45, 7) is 0. The minimum Gasteiger partial charge on any atom is -0.317 e. The number of hydrogen-bond donors (Lipinski definition) is 1. The van der Waals surface area contributed by atoms with Crippen LogP contribution in [0.2, 0.25) is 0 Å². The van der Waals surface area contributed by atoms with Gasteiger partial charge in [-0.05, 0) is 50.0 Å². The molecule has 0 aromatic rings. The molecule has 0 spiro atoms. The molecule has 1 heteroatoms. The van der Waals surface area contributed by atoms with Gasteiger partial charge in [0, 0.05) is 6.04 Å². The van der Waals surface area contributed by atoms with E-state index < -0.39 is 0 Å². The lowest BCUT2D eigenvalue weighted by atomic mass is 9.79. The maximum absolute atomic E-state index is 3.59. The average Bonchev–Trinajstić information content (AvgIpc) is 2.60. The normalized spacial score (nSPS) is 43.1. The molecule has 3 aliphatic rings. The fraction of sp³-hybridized carbons (Fsp3) is 1.00. The first kappa shape index (κ1) is 9.21. The Kier molecular flexibility index (Phi) is 2.31. The number of rotatable bonds is 4. The van der Waals surface area contributed by atoms with Gasteiger partial charge in [-0.3, -0.25) is 0 Å². The molecule has 0 radical (unpaired) electrons. The van der Waals surface area contributed by atoms with E-state index in [4.69, 9.17) is 0 Å². The summed E-state index contributed by atoms with van der Waals surface area (Å²) in [7, 11) is 2.18. The monoisotopic (exact) mass is 193 g/mol. The Hall–Kier alpha value is -0.0400.